The molecule has 31 heavy (non-hydrogen) atoms. The summed E-state index contributed by atoms with van der Waals surface area (Å²) in [6.45, 7) is 14.7. The van der Waals surface area contributed by atoms with E-state index in [0.29, 0.717) is 17.6 Å². The molecule has 2 fully saturated rings. The van der Waals surface area contributed by atoms with E-state index >= 15 is 0 Å². The molecule has 0 aromatic carbocycles. The third-order valence-electron chi connectivity index (χ3n) is 8.56. The van der Waals surface area contributed by atoms with Crippen LogP contribution in [-0.4, -0.2) is 50.2 Å². The monoisotopic (exact) mass is 430 g/mol. The number of hydrogen-bond donors (Lipinski definition) is 4. The van der Waals surface area contributed by atoms with E-state index in [-0.39, 0.29) is 6.17 Å². The highest BCUT2D eigenvalue weighted by atomic mass is 15.5. The first-order chi connectivity index (χ1) is 14.7. The van der Waals surface area contributed by atoms with Crippen LogP contribution in [0, 0.1) is 11.3 Å². The number of fused-ring (bicyclic) bond motifs is 1. The zero-order valence-electron chi connectivity index (χ0n) is 20.9. The van der Waals surface area contributed by atoms with E-state index in [1.807, 2.05) is 0 Å². The predicted molar refractivity (Wildman–Crippen MR) is 131 cm³/mol. The Morgan fingerprint density at radius 1 is 1.26 bits per heavy atom. The van der Waals surface area contributed by atoms with E-state index in [1.165, 1.54) is 36.2 Å². The van der Waals surface area contributed by atoms with E-state index in [4.69, 9.17) is 5.73 Å². The number of likely N-dealkylation sites (N-methyl/N-ethyl adjacent to an activating group) is 1. The van der Waals surface area contributed by atoms with Gasteiger partial charge < -0.3 is 10.6 Å². The second kappa shape index (κ2) is 10.8. The van der Waals surface area contributed by atoms with Crippen LogP contribution >= 0.6 is 0 Å². The molecule has 0 bridgehead atoms. The molecule has 3 rings (SSSR count). The van der Waals surface area contributed by atoms with Crippen LogP contribution in [-0.2, 0) is 0 Å². The maximum atomic E-state index is 6.36. The molecule has 6 unspecified atom stereocenters. The molecule has 5 heteroatoms. The Morgan fingerprint density at radius 2 is 2.00 bits per heavy atom. The maximum Gasteiger partial charge on any atom is 0.162 e. The largest absolute Gasteiger partial charge is 0.314 e. The molecule has 0 radical (unpaired) electrons. The van der Waals surface area contributed by atoms with Crippen molar-refractivity contribution in [3.63, 3.8) is 0 Å². The predicted octanol–water partition coefficient (Wildman–Crippen LogP) is 2.74. The summed E-state index contributed by atoms with van der Waals surface area (Å²) in [6.07, 6.45) is 15.3. The summed E-state index contributed by atoms with van der Waals surface area (Å²) in [5, 5.41) is 6.93. The molecule has 1 aliphatic carbocycles. The maximum absolute atomic E-state index is 6.36. The molecule has 0 aromatic rings. The number of quaternary nitrogens is 1. The minimum Gasteiger partial charge on any atom is -0.314 e. The summed E-state index contributed by atoms with van der Waals surface area (Å²) < 4.78 is 0. The average Bonchev–Trinajstić information content (AvgIpc) is 3.06. The van der Waals surface area contributed by atoms with E-state index in [9.17, 15) is 0 Å². The van der Waals surface area contributed by atoms with Gasteiger partial charge in [-0.25, -0.2) is 4.90 Å². The van der Waals surface area contributed by atoms with Crippen molar-refractivity contribution in [3.05, 3.63) is 34.9 Å². The lowest BCUT2D eigenvalue weighted by Crippen LogP contribution is -3.14. The van der Waals surface area contributed by atoms with Gasteiger partial charge in [-0.1, -0.05) is 48.8 Å². The first-order valence-corrected chi connectivity index (χ1v) is 12.5. The number of hydrogen-bond acceptors (Lipinski definition) is 4. The van der Waals surface area contributed by atoms with Gasteiger partial charge in [0.1, 0.15) is 12.7 Å². The van der Waals surface area contributed by atoms with Crippen LogP contribution in [0.25, 0.3) is 0 Å². The Hall–Kier alpha value is -0.980. The van der Waals surface area contributed by atoms with Crippen molar-refractivity contribution in [2.75, 3.05) is 26.9 Å². The van der Waals surface area contributed by atoms with Gasteiger partial charge in [0.2, 0.25) is 0 Å². The SMILES string of the molecule is CC(=CCN1C[NH+](C)C2NCNC(N)C21)CCC=C(C)CCC1(C)C(C)=CCCC1C. The summed E-state index contributed by atoms with van der Waals surface area (Å²) in [4.78, 5) is 4.04. The molecule has 3 aliphatic rings. The van der Waals surface area contributed by atoms with Gasteiger partial charge in [-0.15, -0.1) is 0 Å². The highest BCUT2D eigenvalue weighted by molar-refractivity contribution is 5.17. The summed E-state index contributed by atoms with van der Waals surface area (Å²) in [6, 6.07) is 0.362. The highest BCUT2D eigenvalue weighted by Crippen LogP contribution is 2.45. The van der Waals surface area contributed by atoms with E-state index in [1.54, 1.807) is 11.1 Å². The summed E-state index contributed by atoms with van der Waals surface area (Å²) >= 11 is 0. The van der Waals surface area contributed by atoms with Crippen molar-refractivity contribution < 1.29 is 4.90 Å². The van der Waals surface area contributed by atoms with Crippen LogP contribution in [0.3, 0.4) is 0 Å². The van der Waals surface area contributed by atoms with Gasteiger partial charge in [-0.05, 0) is 70.6 Å². The molecule has 2 saturated heterocycles. The van der Waals surface area contributed by atoms with Crippen LogP contribution in [0.15, 0.2) is 34.9 Å². The van der Waals surface area contributed by atoms with Crippen molar-refractivity contribution in [1.29, 1.82) is 0 Å². The van der Waals surface area contributed by atoms with Crippen LogP contribution in [0.5, 0.6) is 0 Å². The fourth-order valence-electron chi connectivity index (χ4n) is 5.76. The minimum absolute atomic E-state index is 0.0511. The van der Waals surface area contributed by atoms with Crippen molar-refractivity contribution in [2.45, 2.75) is 91.5 Å². The topological polar surface area (TPSA) is 57.8 Å². The quantitative estimate of drug-likeness (QED) is 0.447. The Balaban J connectivity index is 1.44. The second-order valence-corrected chi connectivity index (χ2v) is 10.8. The lowest BCUT2D eigenvalue weighted by atomic mass is 9.65. The molecule has 5 nitrogen and oxygen atoms in total. The summed E-state index contributed by atoms with van der Waals surface area (Å²) in [5.41, 5.74) is 11.4. The molecule has 2 aliphatic heterocycles. The van der Waals surface area contributed by atoms with Gasteiger partial charge in [0.25, 0.3) is 0 Å². The van der Waals surface area contributed by atoms with E-state index in [2.05, 4.69) is 75.4 Å². The standard InChI is InChI=1S/C26H47N5/c1-19(13-15-26(5)21(3)11-8-12-22(26)4)9-7-10-20(2)14-16-31-18-30(6)25-23(31)24(27)28-17-29-25/h9,11,14,22-25,28-29H,7-8,10,12-13,15-18,27H2,1-6H3/p+1. The van der Waals surface area contributed by atoms with E-state index in [0.717, 1.165) is 38.6 Å². The molecule has 0 saturated carbocycles. The Labute approximate surface area is 191 Å². The zero-order chi connectivity index (χ0) is 22.6. The van der Waals surface area contributed by atoms with Crippen LogP contribution < -0.4 is 21.3 Å². The van der Waals surface area contributed by atoms with Crippen molar-refractivity contribution in [2.24, 2.45) is 17.1 Å². The zero-order valence-corrected chi connectivity index (χ0v) is 20.9. The first-order valence-electron chi connectivity index (χ1n) is 12.5. The van der Waals surface area contributed by atoms with Gasteiger partial charge in [0, 0.05) is 6.54 Å². The van der Waals surface area contributed by atoms with Crippen molar-refractivity contribution in [1.82, 2.24) is 15.5 Å². The van der Waals surface area contributed by atoms with Gasteiger partial charge in [0.15, 0.2) is 6.17 Å². The van der Waals surface area contributed by atoms with Crippen LogP contribution in [0.1, 0.15) is 73.1 Å². The molecular formula is C26H48N5+. The third kappa shape index (κ3) is 5.88. The molecule has 0 spiro atoms. The molecule has 6 atom stereocenters. The lowest BCUT2D eigenvalue weighted by molar-refractivity contribution is -0.900. The fraction of sp³-hybridized carbons (Fsp3) is 0.769. The third-order valence-corrected chi connectivity index (χ3v) is 8.56. The van der Waals surface area contributed by atoms with Crippen molar-refractivity contribution >= 4 is 0 Å². The average molecular weight is 431 g/mol. The molecule has 176 valence electrons. The Morgan fingerprint density at radius 3 is 2.74 bits per heavy atom. The van der Waals surface area contributed by atoms with E-state index < -0.39 is 0 Å². The normalized spacial score (nSPS) is 37.6. The molecular weight excluding hydrogens is 382 g/mol. The number of nitrogens with two attached hydrogens (primary N) is 1. The number of nitrogens with zero attached hydrogens (tertiary/aromatic N) is 1. The minimum atomic E-state index is 0.0511. The number of rotatable bonds is 8. The lowest BCUT2D eigenvalue weighted by Gasteiger charge is -2.40. The van der Waals surface area contributed by atoms with Gasteiger partial charge >= 0.3 is 0 Å². The molecule has 5 N–H and O–H groups in total. The number of allylic oxidation sites excluding steroid dienone is 5. The summed E-state index contributed by atoms with van der Waals surface area (Å²) in [5.74, 6) is 0.796. The molecule has 2 heterocycles. The highest BCUT2D eigenvalue weighted by Gasteiger charge is 2.46. The van der Waals surface area contributed by atoms with Crippen LogP contribution in [0.4, 0.5) is 0 Å². The van der Waals surface area contributed by atoms with Gasteiger partial charge in [0.05, 0.1) is 19.9 Å². The first kappa shape index (κ1) is 24.7. The smallest absolute Gasteiger partial charge is 0.162 e. The van der Waals surface area contributed by atoms with Crippen LogP contribution in [0.2, 0.25) is 0 Å². The van der Waals surface area contributed by atoms with Gasteiger partial charge in [-0.2, -0.15) is 0 Å². The Kier molecular flexibility index (Phi) is 8.56. The molecule has 0 aromatic heterocycles. The van der Waals surface area contributed by atoms with Gasteiger partial charge in [-0.3, -0.25) is 10.6 Å². The Bertz CT molecular complexity index is 696. The number of nitrogens with one attached hydrogen (secondary N) is 3. The second-order valence-electron chi connectivity index (χ2n) is 10.8. The van der Waals surface area contributed by atoms with Crippen molar-refractivity contribution in [3.8, 4) is 0 Å². The summed E-state index contributed by atoms with van der Waals surface area (Å²) in [7, 11) is 2.26. The molecule has 0 amide bonds. The fourth-order valence-corrected chi connectivity index (χ4v) is 5.76.